The molecule has 2 aliphatic heterocycles. The van der Waals surface area contributed by atoms with Gasteiger partial charge in [-0.1, -0.05) is 40.9 Å². The predicted octanol–water partition coefficient (Wildman–Crippen LogP) is 5.77. The molecule has 6 heteroatoms. The number of fused-ring (bicyclic) bond motifs is 5. The number of rotatable bonds is 1. The van der Waals surface area contributed by atoms with Gasteiger partial charge in [0.05, 0.1) is 33.6 Å². The number of hydrogen-bond acceptors (Lipinski definition) is 3. The lowest BCUT2D eigenvalue weighted by atomic mass is 9.68. The van der Waals surface area contributed by atoms with Crippen LogP contribution in [0.2, 0.25) is 10.0 Å². The Balaban J connectivity index is 1.79. The second-order valence-corrected chi connectivity index (χ2v) is 8.29. The Morgan fingerprint density at radius 3 is 2.75 bits per heavy atom. The van der Waals surface area contributed by atoms with Gasteiger partial charge in [-0.2, -0.15) is 9.78 Å². The highest BCUT2D eigenvalue weighted by atomic mass is 35.5. The molecule has 0 unspecified atom stereocenters. The maximum atomic E-state index is 6.45. The maximum absolute atomic E-state index is 6.45. The molecule has 28 heavy (non-hydrogen) atoms. The van der Waals surface area contributed by atoms with E-state index in [2.05, 4.69) is 26.0 Å². The highest BCUT2D eigenvalue weighted by Crippen LogP contribution is 2.53. The van der Waals surface area contributed by atoms with Gasteiger partial charge in [0.15, 0.2) is 0 Å². The maximum Gasteiger partial charge on any atom is 0.226 e. The molecular weight excluding hydrogens is 395 g/mol. The molecule has 0 N–H and O–H groups in total. The molecule has 0 amide bonds. The minimum Gasteiger partial charge on any atom is -0.489 e. The van der Waals surface area contributed by atoms with Crippen molar-refractivity contribution < 1.29 is 9.47 Å². The Labute approximate surface area is 173 Å². The smallest absolute Gasteiger partial charge is 0.226 e. The molecule has 2 aromatic carbocycles. The minimum absolute atomic E-state index is 0.388. The SMILES string of the molecule is Cc1ccc2c(c1)[C@]1(C)C(=COc3c1c(C)nn3-c1cc(Cl)ccc1Cl)CO2. The minimum atomic E-state index is -0.388. The van der Waals surface area contributed by atoms with Gasteiger partial charge in [0.2, 0.25) is 5.88 Å². The normalized spacial score (nSPS) is 19.7. The first-order valence-corrected chi connectivity index (χ1v) is 9.81. The van der Waals surface area contributed by atoms with Crippen molar-refractivity contribution in [3.05, 3.63) is 80.7 Å². The van der Waals surface area contributed by atoms with Gasteiger partial charge in [-0.3, -0.25) is 0 Å². The number of aromatic nitrogens is 2. The number of ether oxygens (including phenoxy) is 2. The van der Waals surface area contributed by atoms with E-state index in [1.54, 1.807) is 29.1 Å². The number of benzene rings is 2. The van der Waals surface area contributed by atoms with E-state index < -0.39 is 0 Å². The Morgan fingerprint density at radius 2 is 1.93 bits per heavy atom. The highest BCUT2D eigenvalue weighted by Gasteiger charge is 2.47. The van der Waals surface area contributed by atoms with Crippen LogP contribution in [0.5, 0.6) is 11.6 Å². The second kappa shape index (κ2) is 6.03. The molecule has 5 rings (SSSR count). The van der Waals surface area contributed by atoms with E-state index in [4.69, 9.17) is 37.8 Å². The zero-order valence-electron chi connectivity index (χ0n) is 15.7. The number of aryl methyl sites for hydroxylation is 2. The molecule has 3 aromatic rings. The average Bonchev–Trinajstić information content (AvgIpc) is 3.01. The van der Waals surface area contributed by atoms with Crippen LogP contribution in [-0.2, 0) is 5.41 Å². The van der Waals surface area contributed by atoms with E-state index >= 15 is 0 Å². The van der Waals surface area contributed by atoms with Crippen molar-refractivity contribution in [2.45, 2.75) is 26.2 Å². The van der Waals surface area contributed by atoms with Crippen LogP contribution < -0.4 is 9.47 Å². The molecule has 1 atom stereocenters. The lowest BCUT2D eigenvalue weighted by Crippen LogP contribution is -2.37. The molecule has 0 saturated carbocycles. The van der Waals surface area contributed by atoms with Gasteiger partial charge < -0.3 is 9.47 Å². The molecule has 0 fully saturated rings. The summed E-state index contributed by atoms with van der Waals surface area (Å²) in [6, 6.07) is 11.6. The Kier molecular flexibility index (Phi) is 3.80. The van der Waals surface area contributed by atoms with E-state index in [-0.39, 0.29) is 5.41 Å². The number of halogens is 2. The molecule has 0 radical (unpaired) electrons. The van der Waals surface area contributed by atoms with Crippen molar-refractivity contribution in [1.29, 1.82) is 0 Å². The lowest BCUT2D eigenvalue weighted by Gasteiger charge is -2.40. The molecule has 0 spiro atoms. The van der Waals surface area contributed by atoms with Crippen LogP contribution in [0.4, 0.5) is 0 Å². The van der Waals surface area contributed by atoms with Crippen molar-refractivity contribution in [1.82, 2.24) is 9.78 Å². The zero-order chi connectivity index (χ0) is 19.6. The largest absolute Gasteiger partial charge is 0.489 e. The van der Waals surface area contributed by atoms with Crippen LogP contribution in [0.1, 0.15) is 29.3 Å². The summed E-state index contributed by atoms with van der Waals surface area (Å²) < 4.78 is 13.8. The van der Waals surface area contributed by atoms with Gasteiger partial charge in [-0.15, -0.1) is 0 Å². The summed E-state index contributed by atoms with van der Waals surface area (Å²) in [6.45, 7) is 6.77. The molecule has 0 bridgehead atoms. The van der Waals surface area contributed by atoms with Crippen LogP contribution in [0.15, 0.2) is 48.2 Å². The monoisotopic (exact) mass is 412 g/mol. The number of hydrogen-bond donors (Lipinski definition) is 0. The zero-order valence-corrected chi connectivity index (χ0v) is 17.2. The molecule has 2 aliphatic rings. The quantitative estimate of drug-likeness (QED) is 0.508. The summed E-state index contributed by atoms with van der Waals surface area (Å²) >= 11 is 12.7. The van der Waals surface area contributed by atoms with Crippen LogP contribution in [-0.4, -0.2) is 16.4 Å². The van der Waals surface area contributed by atoms with Crippen LogP contribution in [0, 0.1) is 13.8 Å². The van der Waals surface area contributed by atoms with Crippen molar-refractivity contribution in [2.75, 3.05) is 6.61 Å². The molecule has 0 saturated heterocycles. The third-order valence-corrected chi connectivity index (χ3v) is 6.22. The summed E-state index contributed by atoms with van der Waals surface area (Å²) in [5, 5.41) is 5.92. The standard InChI is InChI=1S/C22H18Cl2N2O2/c1-12-4-7-19-16(8-12)22(3)14(10-27-19)11-28-21-20(22)13(2)25-26(21)18-9-15(23)5-6-17(18)24/h4-9,11H,10H2,1-3H3/t22-/m0/s1. The van der Waals surface area contributed by atoms with E-state index in [1.807, 2.05) is 13.0 Å². The fraction of sp³-hybridized carbons (Fsp3) is 0.227. The first-order valence-electron chi connectivity index (χ1n) is 9.05. The van der Waals surface area contributed by atoms with Gasteiger partial charge in [-0.25, -0.2) is 0 Å². The Hall–Kier alpha value is -2.43. The Bertz CT molecular complexity index is 1170. The second-order valence-electron chi connectivity index (χ2n) is 7.45. The lowest BCUT2D eigenvalue weighted by molar-refractivity contribution is 0.280. The van der Waals surface area contributed by atoms with E-state index in [1.165, 1.54) is 5.56 Å². The van der Waals surface area contributed by atoms with E-state index in [0.29, 0.717) is 28.2 Å². The van der Waals surface area contributed by atoms with Crippen LogP contribution in [0.25, 0.3) is 5.69 Å². The van der Waals surface area contributed by atoms with Gasteiger partial charge in [0.1, 0.15) is 12.4 Å². The summed E-state index contributed by atoms with van der Waals surface area (Å²) in [5.41, 5.74) is 5.58. The van der Waals surface area contributed by atoms with Crippen molar-refractivity contribution in [3.8, 4) is 17.3 Å². The van der Waals surface area contributed by atoms with Gasteiger partial charge >= 0.3 is 0 Å². The topological polar surface area (TPSA) is 36.3 Å². The van der Waals surface area contributed by atoms with Crippen molar-refractivity contribution in [3.63, 3.8) is 0 Å². The van der Waals surface area contributed by atoms with Gasteiger partial charge in [0.25, 0.3) is 0 Å². The fourth-order valence-electron chi connectivity index (χ4n) is 4.21. The first-order chi connectivity index (χ1) is 13.4. The fourth-order valence-corrected chi connectivity index (χ4v) is 4.57. The summed E-state index contributed by atoms with van der Waals surface area (Å²) in [4.78, 5) is 0. The van der Waals surface area contributed by atoms with Crippen LogP contribution in [0.3, 0.4) is 0 Å². The Morgan fingerprint density at radius 1 is 1.11 bits per heavy atom. The first kappa shape index (κ1) is 17.7. The molecule has 0 aliphatic carbocycles. The molecule has 1 aromatic heterocycles. The van der Waals surface area contributed by atoms with Gasteiger partial charge in [-0.05, 0) is 45.0 Å². The molecule has 142 valence electrons. The molecule has 4 nitrogen and oxygen atoms in total. The highest BCUT2D eigenvalue weighted by molar-refractivity contribution is 6.34. The summed E-state index contributed by atoms with van der Waals surface area (Å²) in [7, 11) is 0. The van der Waals surface area contributed by atoms with Crippen molar-refractivity contribution >= 4 is 23.2 Å². The number of nitrogens with zero attached hydrogens (tertiary/aromatic N) is 2. The van der Waals surface area contributed by atoms with Crippen molar-refractivity contribution in [2.24, 2.45) is 0 Å². The summed E-state index contributed by atoms with van der Waals surface area (Å²) in [6.07, 6.45) is 1.78. The average molecular weight is 413 g/mol. The predicted molar refractivity (Wildman–Crippen MR) is 110 cm³/mol. The third kappa shape index (κ3) is 2.34. The molecular formula is C22H18Cl2N2O2. The van der Waals surface area contributed by atoms with Gasteiger partial charge in [0, 0.05) is 16.2 Å². The molecule has 3 heterocycles. The van der Waals surface area contributed by atoms with E-state index in [0.717, 1.165) is 28.1 Å². The summed E-state index contributed by atoms with van der Waals surface area (Å²) in [5.74, 6) is 1.55. The van der Waals surface area contributed by atoms with E-state index in [9.17, 15) is 0 Å². The third-order valence-electron chi connectivity index (χ3n) is 5.67. The van der Waals surface area contributed by atoms with Crippen LogP contribution >= 0.6 is 23.2 Å².